The van der Waals surface area contributed by atoms with Gasteiger partial charge in [0, 0.05) is 23.6 Å². The van der Waals surface area contributed by atoms with E-state index in [4.69, 9.17) is 0 Å². The lowest BCUT2D eigenvalue weighted by Crippen LogP contribution is -2.32. The van der Waals surface area contributed by atoms with Crippen molar-refractivity contribution in [3.8, 4) is 0 Å². The number of thioether (sulfide) groups is 1. The lowest BCUT2D eigenvalue weighted by Gasteiger charge is -2.11. The highest BCUT2D eigenvalue weighted by Crippen LogP contribution is 2.17. The molecule has 0 fully saturated rings. The lowest BCUT2D eigenvalue weighted by atomic mass is 10.4. The Hall–Kier alpha value is -0.960. The SMILES string of the molecule is CC(=O)N[C@H](C)CSc1ccccc1. The minimum absolute atomic E-state index is 0.0335. The monoisotopic (exact) mass is 209 g/mol. The first-order valence-corrected chi connectivity index (χ1v) is 5.62. The first kappa shape index (κ1) is 11.1. The number of hydrogen-bond acceptors (Lipinski definition) is 2. The summed E-state index contributed by atoms with van der Waals surface area (Å²) >= 11 is 1.76. The van der Waals surface area contributed by atoms with Gasteiger partial charge in [-0.3, -0.25) is 4.79 Å². The van der Waals surface area contributed by atoms with Gasteiger partial charge >= 0.3 is 0 Å². The van der Waals surface area contributed by atoms with Crippen molar-refractivity contribution in [1.29, 1.82) is 0 Å². The summed E-state index contributed by atoms with van der Waals surface area (Å²) in [5.74, 6) is 0.940. The fourth-order valence-corrected chi connectivity index (χ4v) is 2.00. The molecule has 3 heteroatoms. The molecule has 0 aliphatic heterocycles. The van der Waals surface area contributed by atoms with Crippen LogP contribution in [0.3, 0.4) is 0 Å². The van der Waals surface area contributed by atoms with Crippen LogP contribution in [0.2, 0.25) is 0 Å². The third-order valence-corrected chi connectivity index (χ3v) is 2.97. The second-order valence-electron chi connectivity index (χ2n) is 3.23. The van der Waals surface area contributed by atoms with Crippen LogP contribution in [-0.2, 0) is 4.79 Å². The van der Waals surface area contributed by atoms with Crippen molar-refractivity contribution < 1.29 is 4.79 Å². The van der Waals surface area contributed by atoms with Gasteiger partial charge in [0.1, 0.15) is 0 Å². The molecule has 0 aliphatic rings. The molecule has 0 aliphatic carbocycles. The molecule has 0 unspecified atom stereocenters. The van der Waals surface area contributed by atoms with Gasteiger partial charge in [-0.2, -0.15) is 0 Å². The van der Waals surface area contributed by atoms with Crippen LogP contribution in [0.1, 0.15) is 13.8 Å². The summed E-state index contributed by atoms with van der Waals surface area (Å²) < 4.78 is 0. The maximum absolute atomic E-state index is 10.7. The van der Waals surface area contributed by atoms with E-state index in [0.29, 0.717) is 0 Å². The standard InChI is InChI=1S/C11H15NOS/c1-9(12-10(2)13)8-14-11-6-4-3-5-7-11/h3-7,9H,8H2,1-2H3,(H,12,13)/t9-/m1/s1. The molecule has 1 aromatic rings. The Morgan fingerprint density at radius 3 is 2.64 bits per heavy atom. The molecule has 0 aromatic heterocycles. The van der Waals surface area contributed by atoms with E-state index in [1.54, 1.807) is 18.7 Å². The topological polar surface area (TPSA) is 29.1 Å². The molecule has 1 atom stereocenters. The summed E-state index contributed by atoms with van der Waals surface area (Å²) in [6, 6.07) is 10.4. The van der Waals surface area contributed by atoms with Gasteiger partial charge in [0.05, 0.1) is 0 Å². The zero-order valence-electron chi connectivity index (χ0n) is 8.49. The van der Waals surface area contributed by atoms with Crippen molar-refractivity contribution >= 4 is 17.7 Å². The molecular formula is C11H15NOS. The van der Waals surface area contributed by atoms with Crippen LogP contribution in [0.25, 0.3) is 0 Å². The number of hydrogen-bond donors (Lipinski definition) is 1. The van der Waals surface area contributed by atoms with Crippen LogP contribution >= 0.6 is 11.8 Å². The van der Waals surface area contributed by atoms with Gasteiger partial charge in [-0.15, -0.1) is 11.8 Å². The highest BCUT2D eigenvalue weighted by molar-refractivity contribution is 7.99. The minimum atomic E-state index is 0.0335. The predicted molar refractivity (Wildman–Crippen MR) is 60.4 cm³/mol. The molecule has 76 valence electrons. The van der Waals surface area contributed by atoms with Gasteiger partial charge in [0.15, 0.2) is 0 Å². The fraction of sp³-hybridized carbons (Fsp3) is 0.364. The van der Waals surface area contributed by atoms with Crippen LogP contribution in [0.5, 0.6) is 0 Å². The normalized spacial score (nSPS) is 12.1. The number of carbonyl (C=O) groups excluding carboxylic acids is 1. The smallest absolute Gasteiger partial charge is 0.217 e. The lowest BCUT2D eigenvalue weighted by molar-refractivity contribution is -0.119. The molecule has 1 N–H and O–H groups in total. The van der Waals surface area contributed by atoms with Crippen molar-refractivity contribution in [1.82, 2.24) is 5.32 Å². The first-order chi connectivity index (χ1) is 6.68. The average Bonchev–Trinajstić information content (AvgIpc) is 2.15. The number of carbonyl (C=O) groups is 1. The summed E-state index contributed by atoms with van der Waals surface area (Å²) in [7, 11) is 0. The Labute approximate surface area is 89.1 Å². The molecule has 1 amide bonds. The molecule has 1 aromatic carbocycles. The van der Waals surface area contributed by atoms with E-state index in [1.165, 1.54) is 4.90 Å². The Kier molecular flexibility index (Phi) is 4.53. The number of amides is 1. The van der Waals surface area contributed by atoms with Gasteiger partial charge in [0.2, 0.25) is 5.91 Å². The van der Waals surface area contributed by atoms with Gasteiger partial charge in [-0.25, -0.2) is 0 Å². The van der Waals surface area contributed by atoms with Crippen LogP contribution < -0.4 is 5.32 Å². The van der Waals surface area contributed by atoms with Crippen molar-refractivity contribution in [3.63, 3.8) is 0 Å². The Balaban J connectivity index is 2.30. The van der Waals surface area contributed by atoms with Crippen molar-refractivity contribution in [3.05, 3.63) is 30.3 Å². The maximum atomic E-state index is 10.7. The van der Waals surface area contributed by atoms with Crippen LogP contribution in [-0.4, -0.2) is 17.7 Å². The van der Waals surface area contributed by atoms with Crippen LogP contribution in [0.15, 0.2) is 35.2 Å². The van der Waals surface area contributed by atoms with E-state index >= 15 is 0 Å². The fourth-order valence-electron chi connectivity index (χ4n) is 1.13. The summed E-state index contributed by atoms with van der Waals surface area (Å²) in [6.45, 7) is 3.56. The van der Waals surface area contributed by atoms with E-state index in [2.05, 4.69) is 17.4 Å². The molecule has 0 spiro atoms. The second kappa shape index (κ2) is 5.70. The highest BCUT2D eigenvalue weighted by Gasteiger charge is 2.03. The number of benzene rings is 1. The van der Waals surface area contributed by atoms with Crippen molar-refractivity contribution in [2.75, 3.05) is 5.75 Å². The van der Waals surface area contributed by atoms with Gasteiger partial charge in [-0.05, 0) is 19.1 Å². The average molecular weight is 209 g/mol. The molecule has 14 heavy (non-hydrogen) atoms. The van der Waals surface area contributed by atoms with Crippen LogP contribution in [0, 0.1) is 0 Å². The predicted octanol–water partition coefficient (Wildman–Crippen LogP) is 2.30. The zero-order valence-corrected chi connectivity index (χ0v) is 9.30. The molecule has 0 saturated heterocycles. The highest BCUT2D eigenvalue weighted by atomic mass is 32.2. The summed E-state index contributed by atoms with van der Waals surface area (Å²) in [5.41, 5.74) is 0. The summed E-state index contributed by atoms with van der Waals surface area (Å²) in [4.78, 5) is 12.0. The molecule has 0 saturated carbocycles. The van der Waals surface area contributed by atoms with Crippen LogP contribution in [0.4, 0.5) is 0 Å². The van der Waals surface area contributed by atoms with Gasteiger partial charge < -0.3 is 5.32 Å². The van der Waals surface area contributed by atoms with Crippen molar-refractivity contribution in [2.45, 2.75) is 24.8 Å². The van der Waals surface area contributed by atoms with Crippen molar-refractivity contribution in [2.24, 2.45) is 0 Å². The van der Waals surface area contributed by atoms with E-state index < -0.39 is 0 Å². The molecule has 2 nitrogen and oxygen atoms in total. The third kappa shape index (κ3) is 4.33. The number of nitrogens with one attached hydrogen (secondary N) is 1. The van der Waals surface area contributed by atoms with E-state index in [0.717, 1.165) is 5.75 Å². The summed E-state index contributed by atoms with van der Waals surface area (Å²) in [6.07, 6.45) is 0. The Morgan fingerprint density at radius 1 is 1.43 bits per heavy atom. The first-order valence-electron chi connectivity index (χ1n) is 4.63. The van der Waals surface area contributed by atoms with E-state index in [1.807, 2.05) is 25.1 Å². The molecule has 0 bridgehead atoms. The van der Waals surface area contributed by atoms with E-state index in [-0.39, 0.29) is 11.9 Å². The minimum Gasteiger partial charge on any atom is -0.353 e. The second-order valence-corrected chi connectivity index (χ2v) is 4.32. The number of rotatable bonds is 4. The quantitative estimate of drug-likeness (QED) is 0.771. The van der Waals surface area contributed by atoms with Gasteiger partial charge in [-0.1, -0.05) is 18.2 Å². The Morgan fingerprint density at radius 2 is 2.07 bits per heavy atom. The third-order valence-electron chi connectivity index (χ3n) is 1.69. The van der Waals surface area contributed by atoms with E-state index in [9.17, 15) is 4.79 Å². The molecule has 0 heterocycles. The maximum Gasteiger partial charge on any atom is 0.217 e. The Bertz CT molecular complexity index is 287. The molecular weight excluding hydrogens is 194 g/mol. The molecule has 1 rings (SSSR count). The largest absolute Gasteiger partial charge is 0.353 e. The molecule has 0 radical (unpaired) electrons. The zero-order chi connectivity index (χ0) is 10.4. The summed E-state index contributed by atoms with van der Waals surface area (Å²) in [5, 5.41) is 2.85. The van der Waals surface area contributed by atoms with Gasteiger partial charge in [0.25, 0.3) is 0 Å².